The van der Waals surface area contributed by atoms with E-state index in [1.54, 1.807) is 0 Å². The lowest BCUT2D eigenvalue weighted by Crippen LogP contribution is -2.39. The molecular weight excluding hydrogens is 422 g/mol. The number of aromatic nitrogens is 3. The van der Waals surface area contributed by atoms with E-state index in [4.69, 9.17) is 21.3 Å². The number of nitrogens with zero attached hydrogens (tertiary/aromatic N) is 4. The van der Waals surface area contributed by atoms with Crippen molar-refractivity contribution in [2.75, 3.05) is 38.2 Å². The van der Waals surface area contributed by atoms with Gasteiger partial charge >= 0.3 is 0 Å². The largest absolute Gasteiger partial charge is 0.379 e. The number of Topliss-reactive ketones (excluding diaryl/α,β-unsaturated/α-hetero) is 1. The second kappa shape index (κ2) is 7.96. The molecule has 1 fully saturated rings. The summed E-state index contributed by atoms with van der Waals surface area (Å²) in [5.41, 5.74) is 3.29. The Bertz CT molecular complexity index is 1250. The van der Waals surface area contributed by atoms with E-state index in [0.717, 1.165) is 39.5 Å². The molecule has 3 heterocycles. The van der Waals surface area contributed by atoms with Gasteiger partial charge in [-0.05, 0) is 36.4 Å². The third kappa shape index (κ3) is 3.79. The second-order valence-electron chi connectivity index (χ2n) is 7.27. The van der Waals surface area contributed by atoms with Gasteiger partial charge in [-0.15, -0.1) is 0 Å². The van der Waals surface area contributed by atoms with Crippen LogP contribution in [0.3, 0.4) is 0 Å². The third-order valence-electron chi connectivity index (χ3n) is 5.24. The smallest absolute Gasteiger partial charge is 0.209 e. The van der Waals surface area contributed by atoms with Crippen LogP contribution in [0.15, 0.2) is 36.4 Å². The van der Waals surface area contributed by atoms with Gasteiger partial charge in [0.1, 0.15) is 0 Å². The molecule has 0 bridgehead atoms. The summed E-state index contributed by atoms with van der Waals surface area (Å²) in [5, 5.41) is 4.73. The molecule has 154 valence electrons. The van der Waals surface area contributed by atoms with Gasteiger partial charge in [0.2, 0.25) is 5.95 Å². The molecule has 1 N–H and O–H groups in total. The molecule has 1 aliphatic heterocycles. The van der Waals surface area contributed by atoms with E-state index in [1.807, 2.05) is 48.0 Å². The van der Waals surface area contributed by atoms with Crippen LogP contribution in [-0.4, -0.2) is 58.1 Å². The van der Waals surface area contributed by atoms with Gasteiger partial charge in [-0.25, -0.2) is 9.97 Å². The third-order valence-corrected chi connectivity index (χ3v) is 6.41. The number of morpholine rings is 1. The minimum Gasteiger partial charge on any atom is -0.379 e. The number of carbonyl (C=O) groups excluding carboxylic acids is 1. The summed E-state index contributed by atoms with van der Waals surface area (Å²) < 4.78 is 8.33. The zero-order valence-corrected chi connectivity index (χ0v) is 18.0. The van der Waals surface area contributed by atoms with Crippen LogP contribution in [-0.2, 0) is 11.8 Å². The van der Waals surface area contributed by atoms with Crippen molar-refractivity contribution < 1.29 is 9.53 Å². The maximum atomic E-state index is 12.7. The van der Waals surface area contributed by atoms with Crippen LogP contribution in [0, 0.1) is 0 Å². The number of thiazole rings is 1. The van der Waals surface area contributed by atoms with Gasteiger partial charge in [-0.1, -0.05) is 22.9 Å². The molecule has 0 unspecified atom stereocenters. The lowest BCUT2D eigenvalue weighted by atomic mass is 10.1. The molecule has 30 heavy (non-hydrogen) atoms. The molecule has 0 saturated carbocycles. The van der Waals surface area contributed by atoms with E-state index in [-0.39, 0.29) is 5.78 Å². The minimum absolute atomic E-state index is 0.0991. The lowest BCUT2D eigenvalue weighted by molar-refractivity contribution is 0.0371. The van der Waals surface area contributed by atoms with Gasteiger partial charge in [0.05, 0.1) is 41.0 Å². The fourth-order valence-electron chi connectivity index (χ4n) is 3.59. The van der Waals surface area contributed by atoms with Crippen molar-refractivity contribution in [3.05, 3.63) is 47.0 Å². The average Bonchev–Trinajstić information content (AvgIpc) is 3.28. The molecule has 0 atom stereocenters. The summed E-state index contributed by atoms with van der Waals surface area (Å²) in [4.78, 5) is 24.1. The van der Waals surface area contributed by atoms with E-state index < -0.39 is 0 Å². The summed E-state index contributed by atoms with van der Waals surface area (Å²) in [6.07, 6.45) is 0. The topological polar surface area (TPSA) is 72.3 Å². The summed E-state index contributed by atoms with van der Waals surface area (Å²) >= 11 is 7.60. The number of benzene rings is 2. The van der Waals surface area contributed by atoms with Crippen molar-refractivity contribution in [1.29, 1.82) is 0 Å². The first kappa shape index (κ1) is 19.4. The predicted molar refractivity (Wildman–Crippen MR) is 120 cm³/mol. The van der Waals surface area contributed by atoms with Gasteiger partial charge in [-0.2, -0.15) is 0 Å². The van der Waals surface area contributed by atoms with Crippen molar-refractivity contribution in [2.24, 2.45) is 7.05 Å². The first-order valence-electron chi connectivity index (χ1n) is 9.70. The number of anilines is 2. The van der Waals surface area contributed by atoms with E-state index in [0.29, 0.717) is 36.3 Å². The molecular formula is C21H20ClN5O2S. The van der Waals surface area contributed by atoms with Crippen LogP contribution >= 0.6 is 22.9 Å². The highest BCUT2D eigenvalue weighted by Crippen LogP contribution is 2.31. The number of ketones is 1. The SMILES string of the molecule is Cn1c(Nc2nc3ccc(Cl)cc3s2)nc2cc(C(=O)CN3CCOCC3)ccc21. The summed E-state index contributed by atoms with van der Waals surface area (Å²) in [6, 6.07) is 11.3. The number of ether oxygens (including phenoxy) is 1. The molecule has 7 nitrogen and oxygen atoms in total. The Kier molecular flexibility index (Phi) is 5.16. The highest BCUT2D eigenvalue weighted by Gasteiger charge is 2.17. The standard InChI is InChI=1S/C21H20ClN5O2S/c1-26-17-5-2-13(18(28)12-27-6-8-29-9-7-27)10-16(17)23-20(26)25-21-24-15-4-3-14(22)11-19(15)30-21/h2-5,10-11H,6-9,12H2,1H3,(H,23,24,25). The van der Waals surface area contributed by atoms with Crippen LogP contribution in [0.25, 0.3) is 21.3 Å². The molecule has 0 spiro atoms. The molecule has 5 rings (SSSR count). The number of rotatable bonds is 5. The number of hydrogen-bond acceptors (Lipinski definition) is 7. The Morgan fingerprint density at radius 3 is 2.83 bits per heavy atom. The average molecular weight is 442 g/mol. The highest BCUT2D eigenvalue weighted by molar-refractivity contribution is 7.22. The van der Waals surface area contributed by atoms with Gasteiger partial charge < -0.3 is 14.6 Å². The van der Waals surface area contributed by atoms with Gasteiger partial charge in [0, 0.05) is 30.7 Å². The number of aryl methyl sites for hydroxylation is 1. The maximum absolute atomic E-state index is 12.7. The number of carbonyl (C=O) groups is 1. The van der Waals surface area contributed by atoms with Gasteiger partial charge in [-0.3, -0.25) is 9.69 Å². The lowest BCUT2D eigenvalue weighted by Gasteiger charge is -2.25. The van der Waals surface area contributed by atoms with Gasteiger partial charge in [0.15, 0.2) is 10.9 Å². The number of hydrogen-bond donors (Lipinski definition) is 1. The van der Waals surface area contributed by atoms with E-state index >= 15 is 0 Å². The van der Waals surface area contributed by atoms with Gasteiger partial charge in [0.25, 0.3) is 0 Å². The van der Waals surface area contributed by atoms with Crippen molar-refractivity contribution in [1.82, 2.24) is 19.4 Å². The number of halogens is 1. The molecule has 9 heteroatoms. The first-order valence-corrected chi connectivity index (χ1v) is 10.9. The van der Waals surface area contributed by atoms with E-state index in [1.165, 1.54) is 11.3 Å². The summed E-state index contributed by atoms with van der Waals surface area (Å²) in [6.45, 7) is 3.35. The Labute approximate surface area is 182 Å². The Hall–Kier alpha value is -2.52. The second-order valence-corrected chi connectivity index (χ2v) is 8.73. The van der Waals surface area contributed by atoms with Crippen LogP contribution in [0.2, 0.25) is 5.02 Å². The number of fused-ring (bicyclic) bond motifs is 2. The summed E-state index contributed by atoms with van der Waals surface area (Å²) in [5.74, 6) is 0.773. The van der Waals surface area contributed by atoms with Crippen LogP contribution in [0.5, 0.6) is 0 Å². The maximum Gasteiger partial charge on any atom is 0.209 e. The molecule has 0 radical (unpaired) electrons. The molecule has 4 aromatic rings. The number of imidazole rings is 1. The van der Waals surface area contributed by atoms with Crippen LogP contribution < -0.4 is 5.32 Å². The normalized spacial score (nSPS) is 15.1. The molecule has 1 aliphatic rings. The summed E-state index contributed by atoms with van der Waals surface area (Å²) in [7, 11) is 1.94. The van der Waals surface area contributed by atoms with Crippen molar-refractivity contribution in [3.8, 4) is 0 Å². The molecule has 1 saturated heterocycles. The molecule has 2 aromatic carbocycles. The predicted octanol–water partition coefficient (Wildman–Crippen LogP) is 4.09. The van der Waals surface area contributed by atoms with Crippen molar-refractivity contribution >= 4 is 61.1 Å². The van der Waals surface area contributed by atoms with Crippen molar-refractivity contribution in [2.45, 2.75) is 0 Å². The molecule has 0 aliphatic carbocycles. The zero-order valence-electron chi connectivity index (χ0n) is 16.4. The Morgan fingerprint density at radius 2 is 2.00 bits per heavy atom. The molecule has 0 amide bonds. The number of nitrogens with one attached hydrogen (secondary N) is 1. The monoisotopic (exact) mass is 441 g/mol. The fourth-order valence-corrected chi connectivity index (χ4v) is 4.72. The highest BCUT2D eigenvalue weighted by atomic mass is 35.5. The van der Waals surface area contributed by atoms with E-state index in [2.05, 4.69) is 15.2 Å². The fraction of sp³-hybridized carbons (Fsp3) is 0.286. The van der Waals surface area contributed by atoms with Crippen LogP contribution in [0.1, 0.15) is 10.4 Å². The molecule has 2 aromatic heterocycles. The van der Waals surface area contributed by atoms with E-state index in [9.17, 15) is 4.79 Å². The van der Waals surface area contributed by atoms with Crippen LogP contribution in [0.4, 0.5) is 11.1 Å². The minimum atomic E-state index is 0.0991. The zero-order chi connectivity index (χ0) is 20.7. The first-order chi connectivity index (χ1) is 14.6. The Balaban J connectivity index is 1.39. The quantitative estimate of drug-likeness (QED) is 0.470. The Morgan fingerprint density at radius 1 is 1.17 bits per heavy atom. The van der Waals surface area contributed by atoms with Crippen molar-refractivity contribution in [3.63, 3.8) is 0 Å².